The van der Waals surface area contributed by atoms with Crippen molar-refractivity contribution >= 4 is 48.8 Å². The molecule has 4 N–H and O–H groups in total. The fourth-order valence-electron chi connectivity index (χ4n) is 1.96. The van der Waals surface area contributed by atoms with Crippen LogP contribution in [0.1, 0.15) is 0 Å². The molecule has 26 heavy (non-hydrogen) atoms. The normalized spacial score (nSPS) is 11.5. The third-order valence-corrected chi connectivity index (χ3v) is 4.11. The number of hydrogen-bond donors (Lipinski definition) is 4. The van der Waals surface area contributed by atoms with Crippen LogP contribution >= 0.6 is 0 Å². The summed E-state index contributed by atoms with van der Waals surface area (Å²) in [7, 11) is -6.72. The lowest BCUT2D eigenvalue weighted by molar-refractivity contribution is 0.262. The van der Waals surface area contributed by atoms with Crippen molar-refractivity contribution in [3.05, 3.63) is 48.5 Å². The van der Waals surface area contributed by atoms with E-state index in [-0.39, 0.29) is 0 Å². The molecule has 2 aromatic rings. The Morgan fingerprint density at radius 2 is 0.885 bits per heavy atom. The lowest BCUT2D eigenvalue weighted by Crippen LogP contribution is -2.19. The molecule has 0 heterocycles. The number of anilines is 4. The SMILES string of the molecule is CS(=O)(=O)Nc1ccc(NC(=O)Nc2ccc(NS(C)(=O)=O)cc2)cc1. The number of hydrogen-bond acceptors (Lipinski definition) is 5. The summed E-state index contributed by atoms with van der Waals surface area (Å²) < 4.78 is 49.2. The van der Waals surface area contributed by atoms with Crippen LogP contribution in [0.15, 0.2) is 48.5 Å². The Kier molecular flexibility index (Phi) is 5.73. The molecule has 0 aliphatic carbocycles. The Morgan fingerprint density at radius 3 is 1.15 bits per heavy atom. The van der Waals surface area contributed by atoms with Gasteiger partial charge in [-0.15, -0.1) is 0 Å². The molecule has 0 aliphatic heterocycles. The highest BCUT2D eigenvalue weighted by atomic mass is 32.2. The average Bonchev–Trinajstić information content (AvgIpc) is 2.48. The highest BCUT2D eigenvalue weighted by Gasteiger charge is 2.06. The van der Waals surface area contributed by atoms with Crippen molar-refractivity contribution in [1.29, 1.82) is 0 Å². The van der Waals surface area contributed by atoms with Crippen molar-refractivity contribution in [2.24, 2.45) is 0 Å². The van der Waals surface area contributed by atoms with Gasteiger partial charge in [0.1, 0.15) is 0 Å². The summed E-state index contributed by atoms with van der Waals surface area (Å²) in [4.78, 5) is 12.0. The standard InChI is InChI=1S/C15H18N4O5S2/c1-25(21,22)18-13-7-3-11(4-8-13)16-15(20)17-12-5-9-14(10-6-12)19-26(2,23)24/h3-10,18-19H,1-2H3,(H2,16,17,20). The third-order valence-electron chi connectivity index (χ3n) is 2.89. The zero-order valence-electron chi connectivity index (χ0n) is 14.0. The van der Waals surface area contributed by atoms with Crippen molar-refractivity contribution in [3.8, 4) is 0 Å². The highest BCUT2D eigenvalue weighted by molar-refractivity contribution is 7.92. The first kappa shape index (κ1) is 19.5. The van der Waals surface area contributed by atoms with Gasteiger partial charge in [-0.2, -0.15) is 0 Å². The van der Waals surface area contributed by atoms with E-state index < -0.39 is 26.1 Å². The summed E-state index contributed by atoms with van der Waals surface area (Å²) in [6, 6.07) is 11.8. The molecule has 2 amide bonds. The molecule has 0 saturated carbocycles. The van der Waals surface area contributed by atoms with Crippen molar-refractivity contribution in [2.75, 3.05) is 32.6 Å². The van der Waals surface area contributed by atoms with Crippen LogP contribution in [0.3, 0.4) is 0 Å². The first-order valence-corrected chi connectivity index (χ1v) is 11.0. The predicted octanol–water partition coefficient (Wildman–Crippen LogP) is 2.07. The molecule has 9 nitrogen and oxygen atoms in total. The highest BCUT2D eigenvalue weighted by Crippen LogP contribution is 2.17. The number of sulfonamides is 2. The average molecular weight is 398 g/mol. The van der Waals surface area contributed by atoms with Gasteiger partial charge < -0.3 is 10.6 Å². The summed E-state index contributed by atoms with van der Waals surface area (Å²) in [5.74, 6) is 0. The first-order valence-electron chi connectivity index (χ1n) is 7.24. The predicted molar refractivity (Wildman–Crippen MR) is 102 cm³/mol. The molecular weight excluding hydrogens is 380 g/mol. The molecule has 0 spiro atoms. The molecule has 140 valence electrons. The maximum atomic E-state index is 12.0. The Balaban J connectivity index is 1.94. The number of benzene rings is 2. The van der Waals surface area contributed by atoms with Gasteiger partial charge in [0.2, 0.25) is 20.0 Å². The molecule has 0 radical (unpaired) electrons. The van der Waals surface area contributed by atoms with Crippen LogP contribution in [-0.4, -0.2) is 35.4 Å². The van der Waals surface area contributed by atoms with Gasteiger partial charge in [-0.1, -0.05) is 0 Å². The van der Waals surface area contributed by atoms with E-state index >= 15 is 0 Å². The monoisotopic (exact) mass is 398 g/mol. The van der Waals surface area contributed by atoms with E-state index in [0.29, 0.717) is 22.7 Å². The minimum atomic E-state index is -3.36. The maximum absolute atomic E-state index is 12.0. The lowest BCUT2D eigenvalue weighted by Gasteiger charge is -2.10. The van der Waals surface area contributed by atoms with Gasteiger partial charge in [-0.3, -0.25) is 9.44 Å². The van der Waals surface area contributed by atoms with Crippen molar-refractivity contribution < 1.29 is 21.6 Å². The van der Waals surface area contributed by atoms with E-state index in [0.717, 1.165) is 12.5 Å². The summed E-state index contributed by atoms with van der Waals surface area (Å²) in [5, 5.41) is 5.19. The van der Waals surface area contributed by atoms with Crippen LogP contribution in [0.5, 0.6) is 0 Å². The minimum absolute atomic E-state index is 0.382. The molecule has 0 atom stereocenters. The number of rotatable bonds is 6. The molecule has 0 saturated heterocycles. The minimum Gasteiger partial charge on any atom is -0.308 e. The zero-order chi connectivity index (χ0) is 19.4. The van der Waals surface area contributed by atoms with E-state index in [4.69, 9.17) is 0 Å². The molecule has 0 unspecified atom stereocenters. The van der Waals surface area contributed by atoms with E-state index in [1.807, 2.05) is 0 Å². The molecule has 0 bridgehead atoms. The molecule has 0 fully saturated rings. The second-order valence-corrected chi connectivity index (χ2v) is 8.98. The number of amides is 2. The summed E-state index contributed by atoms with van der Waals surface area (Å²) in [5.41, 5.74) is 1.70. The Bertz CT molecular complexity index is 904. The van der Waals surface area contributed by atoms with Gasteiger partial charge >= 0.3 is 6.03 Å². The van der Waals surface area contributed by atoms with Gasteiger partial charge in [-0.05, 0) is 48.5 Å². The van der Waals surface area contributed by atoms with Gasteiger partial charge in [0, 0.05) is 22.7 Å². The maximum Gasteiger partial charge on any atom is 0.323 e. The lowest BCUT2D eigenvalue weighted by atomic mass is 10.3. The summed E-state index contributed by atoms with van der Waals surface area (Å²) >= 11 is 0. The quantitative estimate of drug-likeness (QED) is 0.591. The topological polar surface area (TPSA) is 133 Å². The van der Waals surface area contributed by atoms with Crippen LogP contribution in [0.2, 0.25) is 0 Å². The smallest absolute Gasteiger partial charge is 0.308 e. The third kappa shape index (κ3) is 6.99. The second kappa shape index (κ2) is 7.62. The van der Waals surface area contributed by atoms with Crippen molar-refractivity contribution in [2.45, 2.75) is 0 Å². The van der Waals surface area contributed by atoms with E-state index in [9.17, 15) is 21.6 Å². The molecule has 2 rings (SSSR count). The van der Waals surface area contributed by atoms with E-state index in [1.165, 1.54) is 24.3 Å². The van der Waals surface area contributed by atoms with Crippen molar-refractivity contribution in [1.82, 2.24) is 0 Å². The Morgan fingerprint density at radius 1 is 0.615 bits per heavy atom. The van der Waals surface area contributed by atoms with Gasteiger partial charge in [0.25, 0.3) is 0 Å². The molecular formula is C15H18N4O5S2. The Labute approximate surface area is 151 Å². The largest absolute Gasteiger partial charge is 0.323 e. The number of carbonyl (C=O) groups is 1. The van der Waals surface area contributed by atoms with Gasteiger partial charge in [0.05, 0.1) is 12.5 Å². The van der Waals surface area contributed by atoms with Crippen molar-refractivity contribution in [3.63, 3.8) is 0 Å². The van der Waals surface area contributed by atoms with Gasteiger partial charge in [-0.25, -0.2) is 21.6 Å². The van der Waals surface area contributed by atoms with E-state index in [2.05, 4.69) is 20.1 Å². The fraction of sp³-hybridized carbons (Fsp3) is 0.133. The number of urea groups is 1. The number of carbonyl (C=O) groups excluding carboxylic acids is 1. The molecule has 0 aliphatic rings. The van der Waals surface area contributed by atoms with Crippen LogP contribution in [-0.2, 0) is 20.0 Å². The molecule has 11 heteroatoms. The van der Waals surface area contributed by atoms with Gasteiger partial charge in [0.15, 0.2) is 0 Å². The Hall–Kier alpha value is -2.79. The van der Waals surface area contributed by atoms with Crippen LogP contribution in [0, 0.1) is 0 Å². The summed E-state index contributed by atoms with van der Waals surface area (Å²) in [6.45, 7) is 0. The fourth-order valence-corrected chi connectivity index (χ4v) is 3.09. The first-order chi connectivity index (χ1) is 12.0. The van der Waals surface area contributed by atoms with Crippen LogP contribution in [0.25, 0.3) is 0 Å². The van der Waals surface area contributed by atoms with Crippen LogP contribution in [0.4, 0.5) is 27.5 Å². The van der Waals surface area contributed by atoms with Crippen LogP contribution < -0.4 is 20.1 Å². The molecule has 2 aromatic carbocycles. The zero-order valence-corrected chi connectivity index (χ0v) is 15.6. The molecule has 0 aromatic heterocycles. The van der Waals surface area contributed by atoms with E-state index in [1.54, 1.807) is 24.3 Å². The summed E-state index contributed by atoms with van der Waals surface area (Å²) in [6.07, 6.45) is 2.09. The number of nitrogens with one attached hydrogen (secondary N) is 4. The second-order valence-electron chi connectivity index (χ2n) is 5.48.